The van der Waals surface area contributed by atoms with E-state index in [4.69, 9.17) is 0 Å². The molecule has 0 aromatic carbocycles. The van der Waals surface area contributed by atoms with Gasteiger partial charge < -0.3 is 5.11 Å². The third-order valence-electron chi connectivity index (χ3n) is 7.94. The van der Waals surface area contributed by atoms with Crippen LogP contribution in [0.5, 0.6) is 0 Å². The van der Waals surface area contributed by atoms with Crippen LogP contribution in [-0.2, 0) is 9.59 Å². The largest absolute Gasteiger partial charge is 0.385 e. The SMILES string of the molecule is CC[C@]1(C)CC[C@]2(C)[C@H](C)CC[C@]3(CCC(=O)[C@H]32)C(=O)[C@@H]1O. The Kier molecular flexibility index (Phi) is 3.60. The minimum absolute atomic E-state index is 0.0227. The molecule has 3 rings (SSSR count). The van der Waals surface area contributed by atoms with Crippen molar-refractivity contribution < 1.29 is 14.7 Å². The molecule has 0 aliphatic heterocycles. The third-order valence-corrected chi connectivity index (χ3v) is 7.94. The summed E-state index contributed by atoms with van der Waals surface area (Å²) in [5.74, 6) is 0.560. The molecule has 2 bridgehead atoms. The minimum atomic E-state index is -0.913. The lowest BCUT2D eigenvalue weighted by molar-refractivity contribution is -0.168. The lowest BCUT2D eigenvalue weighted by atomic mass is 9.46. The maximum Gasteiger partial charge on any atom is 0.168 e. The number of rotatable bonds is 1. The van der Waals surface area contributed by atoms with Crippen LogP contribution in [0, 0.1) is 28.1 Å². The zero-order valence-electron chi connectivity index (χ0n) is 14.4. The summed E-state index contributed by atoms with van der Waals surface area (Å²) < 4.78 is 0. The number of hydrogen-bond acceptors (Lipinski definition) is 3. The molecule has 1 N–H and O–H groups in total. The number of aliphatic hydroxyl groups excluding tert-OH is 1. The van der Waals surface area contributed by atoms with Crippen molar-refractivity contribution in [2.75, 3.05) is 0 Å². The van der Waals surface area contributed by atoms with Crippen LogP contribution in [0.1, 0.15) is 72.6 Å². The van der Waals surface area contributed by atoms with E-state index in [2.05, 4.69) is 20.8 Å². The summed E-state index contributed by atoms with van der Waals surface area (Å²) >= 11 is 0. The molecule has 0 aromatic heterocycles. The van der Waals surface area contributed by atoms with Gasteiger partial charge in [-0.25, -0.2) is 0 Å². The molecule has 6 atom stereocenters. The van der Waals surface area contributed by atoms with Crippen LogP contribution in [0.3, 0.4) is 0 Å². The summed E-state index contributed by atoms with van der Waals surface area (Å²) in [6, 6.07) is 0. The van der Waals surface area contributed by atoms with Crippen molar-refractivity contribution in [3.8, 4) is 0 Å². The summed E-state index contributed by atoms with van der Waals surface area (Å²) in [7, 11) is 0. The van der Waals surface area contributed by atoms with Crippen molar-refractivity contribution in [1.82, 2.24) is 0 Å². The maximum absolute atomic E-state index is 13.3. The minimum Gasteiger partial charge on any atom is -0.385 e. The standard InChI is InChI=1S/C19H30O3/c1-5-17(3)10-11-18(4)12(2)6-8-19(16(22)15(17)21)9-7-13(20)14(18)19/h12,14-15,21H,5-11H2,1-4H3/t12-,14+,15+,17-,18-,19-/m1/s1. The van der Waals surface area contributed by atoms with Crippen molar-refractivity contribution in [2.45, 2.75) is 78.7 Å². The van der Waals surface area contributed by atoms with E-state index < -0.39 is 11.5 Å². The highest BCUT2D eigenvalue weighted by atomic mass is 16.3. The van der Waals surface area contributed by atoms with E-state index in [1.807, 2.05) is 6.92 Å². The topological polar surface area (TPSA) is 54.4 Å². The zero-order valence-corrected chi connectivity index (χ0v) is 14.4. The number of Topliss-reactive ketones (excluding diaryl/α,β-unsaturated/α-hetero) is 2. The van der Waals surface area contributed by atoms with Crippen molar-refractivity contribution in [2.24, 2.45) is 28.1 Å². The first-order valence-corrected chi connectivity index (χ1v) is 8.96. The Bertz CT molecular complexity index is 513. The Labute approximate surface area is 133 Å². The van der Waals surface area contributed by atoms with E-state index in [-0.39, 0.29) is 28.3 Å². The first-order chi connectivity index (χ1) is 10.2. The molecule has 0 spiro atoms. The summed E-state index contributed by atoms with van der Waals surface area (Å²) in [4.78, 5) is 26.0. The van der Waals surface area contributed by atoms with Gasteiger partial charge in [-0.15, -0.1) is 0 Å². The fourth-order valence-electron chi connectivity index (χ4n) is 5.73. The number of carbonyl (C=O) groups is 2. The number of aliphatic hydroxyl groups is 1. The molecule has 3 heteroatoms. The fraction of sp³-hybridized carbons (Fsp3) is 0.895. The lowest BCUT2D eigenvalue weighted by Crippen LogP contribution is -2.59. The first kappa shape index (κ1) is 16.2. The van der Waals surface area contributed by atoms with Gasteiger partial charge in [0.25, 0.3) is 0 Å². The van der Waals surface area contributed by atoms with Gasteiger partial charge >= 0.3 is 0 Å². The predicted molar refractivity (Wildman–Crippen MR) is 85.3 cm³/mol. The second kappa shape index (κ2) is 4.90. The molecule has 0 saturated heterocycles. The quantitative estimate of drug-likeness (QED) is 0.806. The molecule has 0 heterocycles. The van der Waals surface area contributed by atoms with Crippen molar-refractivity contribution in [3.63, 3.8) is 0 Å². The maximum atomic E-state index is 13.3. The van der Waals surface area contributed by atoms with Gasteiger partial charge in [-0.2, -0.15) is 0 Å². The van der Waals surface area contributed by atoms with Crippen molar-refractivity contribution in [1.29, 1.82) is 0 Å². The van der Waals surface area contributed by atoms with Crippen LogP contribution in [-0.4, -0.2) is 22.8 Å². The smallest absolute Gasteiger partial charge is 0.168 e. The highest BCUT2D eigenvalue weighted by molar-refractivity contribution is 5.99. The zero-order chi connectivity index (χ0) is 16.3. The van der Waals surface area contributed by atoms with E-state index in [1.165, 1.54) is 0 Å². The van der Waals surface area contributed by atoms with Crippen LogP contribution >= 0.6 is 0 Å². The normalized spacial score (nSPS) is 52.1. The summed E-state index contributed by atoms with van der Waals surface area (Å²) in [5.41, 5.74) is -1.01. The molecule has 3 fully saturated rings. The third kappa shape index (κ3) is 1.84. The number of ketones is 2. The molecule has 0 aromatic rings. The van der Waals surface area contributed by atoms with E-state index in [0.29, 0.717) is 18.8 Å². The summed E-state index contributed by atoms with van der Waals surface area (Å²) in [6.07, 6.45) is 4.64. The molecule has 0 radical (unpaired) electrons. The van der Waals surface area contributed by atoms with Crippen LogP contribution in [0.4, 0.5) is 0 Å². The monoisotopic (exact) mass is 306 g/mol. The van der Waals surface area contributed by atoms with E-state index in [0.717, 1.165) is 32.1 Å². The molecule has 3 nitrogen and oxygen atoms in total. The van der Waals surface area contributed by atoms with Gasteiger partial charge in [0.05, 0.1) is 0 Å². The van der Waals surface area contributed by atoms with Gasteiger partial charge in [-0.05, 0) is 49.9 Å². The van der Waals surface area contributed by atoms with Gasteiger partial charge in [0, 0.05) is 23.2 Å². The number of hydrogen-bond donors (Lipinski definition) is 1. The Balaban J connectivity index is 2.15. The highest BCUT2D eigenvalue weighted by Crippen LogP contribution is 2.64. The molecule has 0 unspecified atom stereocenters. The molecule has 22 heavy (non-hydrogen) atoms. The Hall–Kier alpha value is -0.700. The molecule has 0 amide bonds. The van der Waals surface area contributed by atoms with Crippen molar-refractivity contribution >= 4 is 11.6 Å². The average molecular weight is 306 g/mol. The van der Waals surface area contributed by atoms with E-state index in [9.17, 15) is 14.7 Å². The Morgan fingerprint density at radius 1 is 1.14 bits per heavy atom. The van der Waals surface area contributed by atoms with Gasteiger partial charge in [-0.3, -0.25) is 9.59 Å². The second-order valence-corrected chi connectivity index (χ2v) is 8.78. The summed E-state index contributed by atoms with van der Waals surface area (Å²) in [5, 5.41) is 10.8. The average Bonchev–Trinajstić information content (AvgIpc) is 2.86. The molecule has 124 valence electrons. The summed E-state index contributed by atoms with van der Waals surface area (Å²) in [6.45, 7) is 8.60. The Morgan fingerprint density at radius 3 is 2.45 bits per heavy atom. The van der Waals surface area contributed by atoms with Crippen LogP contribution in [0.25, 0.3) is 0 Å². The first-order valence-electron chi connectivity index (χ1n) is 8.96. The predicted octanol–water partition coefficient (Wildman–Crippen LogP) is 3.53. The highest BCUT2D eigenvalue weighted by Gasteiger charge is 2.66. The molecule has 3 aliphatic rings. The van der Waals surface area contributed by atoms with Crippen LogP contribution in [0.15, 0.2) is 0 Å². The van der Waals surface area contributed by atoms with E-state index in [1.54, 1.807) is 0 Å². The fourth-order valence-corrected chi connectivity index (χ4v) is 5.73. The molecule has 3 aliphatic carbocycles. The molecular weight excluding hydrogens is 276 g/mol. The van der Waals surface area contributed by atoms with Gasteiger partial charge in [-0.1, -0.05) is 27.7 Å². The van der Waals surface area contributed by atoms with Crippen LogP contribution < -0.4 is 0 Å². The van der Waals surface area contributed by atoms with Gasteiger partial charge in [0.15, 0.2) is 5.78 Å². The van der Waals surface area contributed by atoms with Crippen molar-refractivity contribution in [3.05, 3.63) is 0 Å². The molecular formula is C19H30O3. The lowest BCUT2D eigenvalue weighted by Gasteiger charge is -2.56. The van der Waals surface area contributed by atoms with E-state index >= 15 is 0 Å². The van der Waals surface area contributed by atoms with Crippen LogP contribution in [0.2, 0.25) is 0 Å². The van der Waals surface area contributed by atoms with Gasteiger partial charge in [0.1, 0.15) is 11.9 Å². The second-order valence-electron chi connectivity index (χ2n) is 8.78. The number of carbonyl (C=O) groups excluding carboxylic acids is 2. The van der Waals surface area contributed by atoms with Gasteiger partial charge in [0.2, 0.25) is 0 Å². The Morgan fingerprint density at radius 2 is 1.82 bits per heavy atom. The molecule has 3 saturated carbocycles.